The third-order valence-corrected chi connectivity index (χ3v) is 3.91. The Kier molecular flexibility index (Phi) is 2.40. The maximum atomic E-state index is 12.5. The average molecular weight is 244 g/mol. The van der Waals surface area contributed by atoms with Gasteiger partial charge in [0.15, 0.2) is 0 Å². The van der Waals surface area contributed by atoms with Gasteiger partial charge < -0.3 is 9.80 Å². The second-order valence-corrected chi connectivity index (χ2v) is 4.92. The highest BCUT2D eigenvalue weighted by Gasteiger charge is 2.47. The van der Waals surface area contributed by atoms with Gasteiger partial charge in [-0.25, -0.2) is 0 Å². The van der Waals surface area contributed by atoms with Crippen LogP contribution in [0.3, 0.4) is 0 Å². The quantitative estimate of drug-likeness (QED) is 0.750. The van der Waals surface area contributed by atoms with Gasteiger partial charge in [-0.1, -0.05) is 18.2 Å². The van der Waals surface area contributed by atoms with Crippen LogP contribution in [-0.4, -0.2) is 40.7 Å². The number of rotatable bonds is 1. The van der Waals surface area contributed by atoms with Gasteiger partial charge in [0.05, 0.1) is 0 Å². The molecule has 0 bridgehead atoms. The molecule has 3 rings (SSSR count). The number of carbonyl (C=O) groups excluding carboxylic acids is 2. The molecule has 1 aromatic carbocycles. The minimum Gasteiger partial charge on any atom is -0.336 e. The summed E-state index contributed by atoms with van der Waals surface area (Å²) in [5.41, 5.74) is 1.54. The summed E-state index contributed by atoms with van der Waals surface area (Å²) in [7, 11) is 0. The first kappa shape index (κ1) is 11.3. The number of amides is 2. The highest BCUT2D eigenvalue weighted by Crippen LogP contribution is 2.38. The predicted molar refractivity (Wildman–Crippen MR) is 67.1 cm³/mol. The molecule has 0 N–H and O–H groups in total. The first-order chi connectivity index (χ1) is 8.65. The smallest absolute Gasteiger partial charge is 0.255 e. The molecule has 2 aliphatic rings. The lowest BCUT2D eigenvalue weighted by Crippen LogP contribution is -2.55. The van der Waals surface area contributed by atoms with Gasteiger partial charge in [0.1, 0.15) is 6.04 Å². The van der Waals surface area contributed by atoms with Crippen molar-refractivity contribution in [1.29, 1.82) is 0 Å². The van der Waals surface area contributed by atoms with Crippen LogP contribution in [0, 0.1) is 0 Å². The van der Waals surface area contributed by atoms with Crippen LogP contribution in [0.1, 0.15) is 35.8 Å². The van der Waals surface area contributed by atoms with Crippen molar-refractivity contribution in [3.05, 3.63) is 35.4 Å². The lowest BCUT2D eigenvalue weighted by molar-refractivity contribution is -0.143. The van der Waals surface area contributed by atoms with Crippen molar-refractivity contribution in [2.75, 3.05) is 13.1 Å². The van der Waals surface area contributed by atoms with E-state index in [0.29, 0.717) is 18.7 Å². The van der Waals surface area contributed by atoms with E-state index in [9.17, 15) is 9.59 Å². The Hall–Kier alpha value is -1.84. The molecular weight excluding hydrogens is 228 g/mol. The van der Waals surface area contributed by atoms with Gasteiger partial charge in [-0.05, 0) is 25.5 Å². The summed E-state index contributed by atoms with van der Waals surface area (Å²) in [5, 5.41) is 0. The Bertz CT molecular complexity index is 526. The van der Waals surface area contributed by atoms with Gasteiger partial charge >= 0.3 is 0 Å². The predicted octanol–water partition coefficient (Wildman–Crippen LogP) is 1.43. The van der Waals surface area contributed by atoms with Gasteiger partial charge in [-0.2, -0.15) is 0 Å². The summed E-state index contributed by atoms with van der Waals surface area (Å²) >= 11 is 0. The van der Waals surface area contributed by atoms with E-state index in [1.165, 1.54) is 0 Å². The number of fused-ring (bicyclic) bond motifs is 3. The number of hydrogen-bond acceptors (Lipinski definition) is 2. The summed E-state index contributed by atoms with van der Waals surface area (Å²) in [4.78, 5) is 28.3. The molecule has 0 saturated carbocycles. The van der Waals surface area contributed by atoms with Crippen LogP contribution >= 0.6 is 0 Å². The minimum absolute atomic E-state index is 0.00782. The fraction of sp³-hybridized carbons (Fsp3) is 0.429. The van der Waals surface area contributed by atoms with E-state index in [-0.39, 0.29) is 17.9 Å². The maximum absolute atomic E-state index is 12.5. The normalized spacial score (nSPS) is 26.3. The first-order valence-electron chi connectivity index (χ1n) is 6.35. The van der Waals surface area contributed by atoms with Crippen LogP contribution in [0.25, 0.3) is 0 Å². The summed E-state index contributed by atoms with van der Waals surface area (Å²) < 4.78 is 0. The number of benzene rings is 1. The van der Waals surface area contributed by atoms with Crippen molar-refractivity contribution in [2.45, 2.75) is 25.9 Å². The van der Waals surface area contributed by atoms with E-state index in [1.807, 2.05) is 43.0 Å². The number of piperazine rings is 1. The number of hydrogen-bond donors (Lipinski definition) is 0. The highest BCUT2D eigenvalue weighted by atomic mass is 16.2. The van der Waals surface area contributed by atoms with Crippen molar-refractivity contribution in [3.8, 4) is 0 Å². The van der Waals surface area contributed by atoms with E-state index < -0.39 is 6.04 Å². The number of likely N-dealkylation sites (N-methyl/N-ethyl adjacent to an activating group) is 1. The van der Waals surface area contributed by atoms with Crippen molar-refractivity contribution >= 4 is 11.8 Å². The summed E-state index contributed by atoms with van der Waals surface area (Å²) in [6, 6.07) is 7.13. The lowest BCUT2D eigenvalue weighted by atomic mass is 10.0. The third kappa shape index (κ3) is 1.32. The van der Waals surface area contributed by atoms with Crippen molar-refractivity contribution in [3.63, 3.8) is 0 Å². The standard InChI is InChI=1S/C14H16N2O2/c1-3-15-9(2)8-16-12(14(15)18)10-6-4-5-7-11(10)13(16)17/h4-7,9,12H,3,8H2,1-2H3. The zero-order valence-electron chi connectivity index (χ0n) is 10.6. The Labute approximate surface area is 106 Å². The van der Waals surface area contributed by atoms with E-state index in [2.05, 4.69) is 0 Å². The molecule has 0 radical (unpaired) electrons. The molecular formula is C14H16N2O2. The van der Waals surface area contributed by atoms with Gasteiger partial charge in [0.25, 0.3) is 5.91 Å². The number of nitrogens with zero attached hydrogens (tertiary/aromatic N) is 2. The number of carbonyl (C=O) groups is 2. The Balaban J connectivity index is 2.08. The monoisotopic (exact) mass is 244 g/mol. The fourth-order valence-corrected chi connectivity index (χ4v) is 3.05. The van der Waals surface area contributed by atoms with Gasteiger partial charge in [-0.3, -0.25) is 9.59 Å². The second-order valence-electron chi connectivity index (χ2n) is 4.92. The van der Waals surface area contributed by atoms with Gasteiger partial charge in [-0.15, -0.1) is 0 Å². The van der Waals surface area contributed by atoms with Gasteiger partial charge in [0, 0.05) is 24.7 Å². The van der Waals surface area contributed by atoms with Crippen molar-refractivity contribution in [2.24, 2.45) is 0 Å². The largest absolute Gasteiger partial charge is 0.336 e. The highest BCUT2D eigenvalue weighted by molar-refractivity contribution is 6.05. The molecule has 1 saturated heterocycles. The summed E-state index contributed by atoms with van der Waals surface area (Å²) in [6.45, 7) is 5.29. The van der Waals surface area contributed by atoms with Crippen molar-refractivity contribution in [1.82, 2.24) is 9.80 Å². The third-order valence-electron chi connectivity index (χ3n) is 3.91. The second kappa shape index (κ2) is 3.83. The molecule has 2 amide bonds. The molecule has 1 aromatic rings. The maximum Gasteiger partial charge on any atom is 0.255 e. The Morgan fingerprint density at radius 1 is 1.28 bits per heavy atom. The summed E-state index contributed by atoms with van der Waals surface area (Å²) in [5.74, 6) is 0.0427. The average Bonchev–Trinajstić information content (AvgIpc) is 2.64. The van der Waals surface area contributed by atoms with Crippen LogP contribution in [0.2, 0.25) is 0 Å². The van der Waals surface area contributed by atoms with E-state index in [4.69, 9.17) is 0 Å². The minimum atomic E-state index is -0.398. The van der Waals surface area contributed by atoms with Gasteiger partial charge in [0.2, 0.25) is 5.91 Å². The van der Waals surface area contributed by atoms with Crippen LogP contribution in [0.4, 0.5) is 0 Å². The van der Waals surface area contributed by atoms with Crippen LogP contribution in [-0.2, 0) is 4.79 Å². The van der Waals surface area contributed by atoms with Crippen molar-refractivity contribution < 1.29 is 9.59 Å². The van der Waals surface area contributed by atoms with Crippen LogP contribution in [0.15, 0.2) is 24.3 Å². The molecule has 2 unspecified atom stereocenters. The van der Waals surface area contributed by atoms with E-state index in [1.54, 1.807) is 4.90 Å². The molecule has 0 spiro atoms. The SMILES string of the molecule is CCN1C(=O)C2c3ccccc3C(=O)N2CC1C. The summed E-state index contributed by atoms with van der Waals surface area (Å²) in [6.07, 6.45) is 0. The molecule has 18 heavy (non-hydrogen) atoms. The molecule has 4 nitrogen and oxygen atoms in total. The molecule has 2 aliphatic heterocycles. The topological polar surface area (TPSA) is 40.6 Å². The molecule has 0 aliphatic carbocycles. The molecule has 94 valence electrons. The van der Waals surface area contributed by atoms with E-state index >= 15 is 0 Å². The molecule has 4 heteroatoms. The molecule has 2 atom stereocenters. The van der Waals surface area contributed by atoms with E-state index in [0.717, 1.165) is 5.56 Å². The molecule has 1 fully saturated rings. The molecule has 0 aromatic heterocycles. The Morgan fingerprint density at radius 3 is 2.72 bits per heavy atom. The van der Waals surface area contributed by atoms with Crippen LogP contribution < -0.4 is 0 Å². The first-order valence-corrected chi connectivity index (χ1v) is 6.35. The fourth-order valence-electron chi connectivity index (χ4n) is 3.05. The zero-order chi connectivity index (χ0) is 12.9. The van der Waals surface area contributed by atoms with Crippen LogP contribution in [0.5, 0.6) is 0 Å². The molecule has 2 heterocycles. The lowest BCUT2D eigenvalue weighted by Gasteiger charge is -2.41. The zero-order valence-corrected chi connectivity index (χ0v) is 10.6. The Morgan fingerprint density at radius 2 is 2.00 bits per heavy atom.